The van der Waals surface area contributed by atoms with Crippen molar-refractivity contribution < 1.29 is 9.18 Å². The van der Waals surface area contributed by atoms with Gasteiger partial charge in [0.2, 0.25) is 11.9 Å². The zero-order chi connectivity index (χ0) is 13.5. The number of nitrogens with zero attached hydrogens (tertiary/aromatic N) is 1. The van der Waals surface area contributed by atoms with Gasteiger partial charge in [0.15, 0.2) is 0 Å². The summed E-state index contributed by atoms with van der Waals surface area (Å²) in [4.78, 5) is 15.3. The Morgan fingerprint density at radius 1 is 1.50 bits per heavy atom. The van der Waals surface area contributed by atoms with Crippen LogP contribution in [0.15, 0.2) is 18.2 Å². The lowest BCUT2D eigenvalue weighted by molar-refractivity contribution is -0.117. The standard InChI is InChI=1S/C13H20FN3O/c1-9(2)6-10(8-15)7-13(18)17-12-5-3-4-11(14)16-12/h3-5,9-10H,6-8,15H2,1-2H3,(H,16,17,18). The van der Waals surface area contributed by atoms with Gasteiger partial charge in [-0.15, -0.1) is 0 Å². The fourth-order valence-electron chi connectivity index (χ4n) is 1.86. The van der Waals surface area contributed by atoms with E-state index < -0.39 is 5.95 Å². The summed E-state index contributed by atoms with van der Waals surface area (Å²) in [6.45, 7) is 4.66. The summed E-state index contributed by atoms with van der Waals surface area (Å²) >= 11 is 0. The van der Waals surface area contributed by atoms with Crippen molar-refractivity contribution in [2.75, 3.05) is 11.9 Å². The Kier molecular flexibility index (Phi) is 5.71. The van der Waals surface area contributed by atoms with Crippen molar-refractivity contribution in [2.45, 2.75) is 26.7 Å². The van der Waals surface area contributed by atoms with E-state index in [1.807, 2.05) is 0 Å². The van der Waals surface area contributed by atoms with Crippen molar-refractivity contribution in [1.82, 2.24) is 4.98 Å². The molecule has 0 radical (unpaired) electrons. The fourth-order valence-corrected chi connectivity index (χ4v) is 1.86. The van der Waals surface area contributed by atoms with E-state index in [2.05, 4.69) is 24.1 Å². The Balaban J connectivity index is 2.50. The highest BCUT2D eigenvalue weighted by molar-refractivity contribution is 5.89. The highest BCUT2D eigenvalue weighted by atomic mass is 19.1. The van der Waals surface area contributed by atoms with Crippen LogP contribution in [0.2, 0.25) is 0 Å². The molecule has 18 heavy (non-hydrogen) atoms. The van der Waals surface area contributed by atoms with E-state index in [0.29, 0.717) is 18.9 Å². The third-order valence-electron chi connectivity index (χ3n) is 2.59. The molecule has 0 aromatic carbocycles. The maximum Gasteiger partial charge on any atom is 0.225 e. The molecule has 0 fully saturated rings. The maximum atomic E-state index is 12.8. The van der Waals surface area contributed by atoms with Crippen LogP contribution in [0.5, 0.6) is 0 Å². The van der Waals surface area contributed by atoms with Crippen molar-refractivity contribution in [3.8, 4) is 0 Å². The van der Waals surface area contributed by atoms with Crippen LogP contribution in [0.4, 0.5) is 10.2 Å². The second-order valence-electron chi connectivity index (χ2n) is 4.83. The first-order valence-corrected chi connectivity index (χ1v) is 6.13. The molecule has 1 amide bonds. The van der Waals surface area contributed by atoms with Gasteiger partial charge >= 0.3 is 0 Å². The molecule has 1 aromatic rings. The molecule has 1 heterocycles. The lowest BCUT2D eigenvalue weighted by Crippen LogP contribution is -2.23. The summed E-state index contributed by atoms with van der Waals surface area (Å²) in [5, 5.41) is 2.58. The summed E-state index contributed by atoms with van der Waals surface area (Å²) in [5.74, 6) is 0.104. The van der Waals surface area contributed by atoms with Crippen LogP contribution in [0, 0.1) is 17.8 Å². The number of nitrogens with two attached hydrogens (primary N) is 1. The summed E-state index contributed by atoms with van der Waals surface area (Å²) in [7, 11) is 0. The largest absolute Gasteiger partial charge is 0.330 e. The third-order valence-corrected chi connectivity index (χ3v) is 2.59. The van der Waals surface area contributed by atoms with Gasteiger partial charge in [0.05, 0.1) is 0 Å². The van der Waals surface area contributed by atoms with Gasteiger partial charge in [-0.1, -0.05) is 19.9 Å². The third kappa shape index (κ3) is 5.23. The number of nitrogens with one attached hydrogen (secondary N) is 1. The number of carbonyl (C=O) groups is 1. The van der Waals surface area contributed by atoms with E-state index in [9.17, 15) is 9.18 Å². The first kappa shape index (κ1) is 14.6. The Morgan fingerprint density at radius 3 is 2.78 bits per heavy atom. The molecular weight excluding hydrogens is 233 g/mol. The average Bonchev–Trinajstić information content (AvgIpc) is 2.27. The number of rotatable bonds is 6. The first-order chi connectivity index (χ1) is 8.51. The normalized spacial score (nSPS) is 12.5. The highest BCUT2D eigenvalue weighted by Crippen LogP contribution is 2.15. The number of hydrogen-bond acceptors (Lipinski definition) is 3. The van der Waals surface area contributed by atoms with Crippen LogP contribution in [0.3, 0.4) is 0 Å². The second kappa shape index (κ2) is 7.06. The number of anilines is 1. The molecule has 1 atom stereocenters. The minimum Gasteiger partial charge on any atom is -0.330 e. The van der Waals surface area contributed by atoms with E-state index in [1.165, 1.54) is 12.1 Å². The van der Waals surface area contributed by atoms with Gasteiger partial charge in [-0.25, -0.2) is 4.98 Å². The van der Waals surface area contributed by atoms with E-state index in [-0.39, 0.29) is 17.6 Å². The van der Waals surface area contributed by atoms with Gasteiger partial charge < -0.3 is 11.1 Å². The van der Waals surface area contributed by atoms with Crippen molar-refractivity contribution in [2.24, 2.45) is 17.6 Å². The number of pyridine rings is 1. The molecule has 100 valence electrons. The molecule has 0 aliphatic heterocycles. The number of aromatic nitrogens is 1. The van der Waals surface area contributed by atoms with Gasteiger partial charge in [-0.2, -0.15) is 4.39 Å². The number of halogens is 1. The Bertz CT molecular complexity index is 396. The molecule has 0 saturated carbocycles. The summed E-state index contributed by atoms with van der Waals surface area (Å²) in [5.41, 5.74) is 5.63. The van der Waals surface area contributed by atoms with Crippen LogP contribution in [0.25, 0.3) is 0 Å². The molecule has 3 N–H and O–H groups in total. The molecule has 0 saturated heterocycles. The molecule has 0 aliphatic carbocycles. The quantitative estimate of drug-likeness (QED) is 0.763. The first-order valence-electron chi connectivity index (χ1n) is 6.13. The van der Waals surface area contributed by atoms with Crippen LogP contribution in [0.1, 0.15) is 26.7 Å². The Hall–Kier alpha value is -1.49. The van der Waals surface area contributed by atoms with Gasteiger partial charge in [-0.05, 0) is 36.9 Å². The monoisotopic (exact) mass is 253 g/mol. The smallest absolute Gasteiger partial charge is 0.225 e. The molecule has 0 bridgehead atoms. The van der Waals surface area contributed by atoms with E-state index in [0.717, 1.165) is 6.42 Å². The molecule has 1 rings (SSSR count). The van der Waals surface area contributed by atoms with Crippen molar-refractivity contribution >= 4 is 11.7 Å². The Morgan fingerprint density at radius 2 is 2.22 bits per heavy atom. The van der Waals surface area contributed by atoms with Gasteiger partial charge in [-0.3, -0.25) is 4.79 Å². The minimum atomic E-state index is -0.606. The van der Waals surface area contributed by atoms with Crippen molar-refractivity contribution in [1.29, 1.82) is 0 Å². The molecule has 0 aliphatic rings. The second-order valence-corrected chi connectivity index (χ2v) is 4.83. The SMILES string of the molecule is CC(C)CC(CN)CC(=O)Nc1cccc(F)n1. The predicted molar refractivity (Wildman–Crippen MR) is 69.4 cm³/mol. The number of carbonyl (C=O) groups excluding carboxylic acids is 1. The molecule has 1 unspecified atom stereocenters. The lowest BCUT2D eigenvalue weighted by Gasteiger charge is -2.16. The molecular formula is C13H20FN3O. The molecule has 0 spiro atoms. The van der Waals surface area contributed by atoms with Gasteiger partial charge in [0.25, 0.3) is 0 Å². The van der Waals surface area contributed by atoms with Crippen LogP contribution >= 0.6 is 0 Å². The lowest BCUT2D eigenvalue weighted by atomic mass is 9.94. The average molecular weight is 253 g/mol. The van der Waals surface area contributed by atoms with Gasteiger partial charge in [0, 0.05) is 6.42 Å². The van der Waals surface area contributed by atoms with E-state index in [4.69, 9.17) is 5.73 Å². The van der Waals surface area contributed by atoms with E-state index in [1.54, 1.807) is 6.07 Å². The molecule has 4 nitrogen and oxygen atoms in total. The fraction of sp³-hybridized carbons (Fsp3) is 0.538. The van der Waals surface area contributed by atoms with Crippen LogP contribution < -0.4 is 11.1 Å². The highest BCUT2D eigenvalue weighted by Gasteiger charge is 2.14. The zero-order valence-corrected chi connectivity index (χ0v) is 10.8. The van der Waals surface area contributed by atoms with E-state index >= 15 is 0 Å². The summed E-state index contributed by atoms with van der Waals surface area (Å²) < 4.78 is 12.8. The molecule has 5 heteroatoms. The molecule has 1 aromatic heterocycles. The van der Waals surface area contributed by atoms with Crippen molar-refractivity contribution in [3.05, 3.63) is 24.1 Å². The topological polar surface area (TPSA) is 68.0 Å². The number of amides is 1. The minimum absolute atomic E-state index is 0.151. The van der Waals surface area contributed by atoms with Gasteiger partial charge in [0.1, 0.15) is 5.82 Å². The maximum absolute atomic E-state index is 12.8. The van der Waals surface area contributed by atoms with Crippen LogP contribution in [-0.4, -0.2) is 17.4 Å². The predicted octanol–water partition coefficient (Wildman–Crippen LogP) is 2.17. The number of hydrogen-bond donors (Lipinski definition) is 2. The Labute approximate surface area is 107 Å². The van der Waals surface area contributed by atoms with Crippen LogP contribution in [-0.2, 0) is 4.79 Å². The summed E-state index contributed by atoms with van der Waals surface area (Å²) in [6, 6.07) is 4.30. The zero-order valence-electron chi connectivity index (χ0n) is 10.8. The summed E-state index contributed by atoms with van der Waals surface area (Å²) in [6.07, 6.45) is 1.24. The van der Waals surface area contributed by atoms with Crippen molar-refractivity contribution in [3.63, 3.8) is 0 Å².